The molecule has 6 nitrogen and oxygen atoms in total. The van der Waals surface area contributed by atoms with Crippen LogP contribution in [0.25, 0.3) is 0 Å². The fourth-order valence-electron chi connectivity index (χ4n) is 2.69. The first-order valence-electron chi connectivity index (χ1n) is 8.50. The minimum Gasteiger partial charge on any atom is -0.467 e. The Morgan fingerprint density at radius 2 is 1.70 bits per heavy atom. The van der Waals surface area contributed by atoms with Crippen molar-refractivity contribution in [2.75, 3.05) is 6.54 Å². The predicted octanol–water partition coefficient (Wildman–Crippen LogP) is 3.10. The molecule has 0 saturated carbocycles. The van der Waals surface area contributed by atoms with Crippen molar-refractivity contribution in [3.63, 3.8) is 0 Å². The summed E-state index contributed by atoms with van der Waals surface area (Å²) in [5.74, 6) is 0.286. The molecular formula is C20H20N2O4S. The molecule has 7 heteroatoms. The van der Waals surface area contributed by atoms with E-state index in [4.69, 9.17) is 4.42 Å². The molecule has 27 heavy (non-hydrogen) atoms. The molecule has 1 unspecified atom stereocenters. The Hall–Kier alpha value is -2.90. The number of carbonyl (C=O) groups is 1. The summed E-state index contributed by atoms with van der Waals surface area (Å²) in [6.07, 6.45) is 1.55. The minimum atomic E-state index is -3.55. The number of furan rings is 1. The first-order chi connectivity index (χ1) is 13.0. The third-order valence-corrected chi connectivity index (χ3v) is 5.56. The summed E-state index contributed by atoms with van der Waals surface area (Å²) >= 11 is 0. The maximum atomic E-state index is 12.7. The van der Waals surface area contributed by atoms with Crippen molar-refractivity contribution in [2.24, 2.45) is 0 Å². The Balaban J connectivity index is 1.82. The van der Waals surface area contributed by atoms with Crippen molar-refractivity contribution < 1.29 is 17.6 Å². The van der Waals surface area contributed by atoms with Crippen LogP contribution in [0.1, 0.15) is 34.6 Å². The molecule has 1 atom stereocenters. The van der Waals surface area contributed by atoms with E-state index >= 15 is 0 Å². The van der Waals surface area contributed by atoms with Gasteiger partial charge in [0.2, 0.25) is 10.0 Å². The molecule has 140 valence electrons. The molecule has 3 aromatic rings. The highest BCUT2D eigenvalue weighted by molar-refractivity contribution is 7.89. The van der Waals surface area contributed by atoms with Crippen LogP contribution in [0.3, 0.4) is 0 Å². The van der Waals surface area contributed by atoms with Gasteiger partial charge in [-0.2, -0.15) is 0 Å². The Morgan fingerprint density at radius 1 is 1.00 bits per heavy atom. The number of benzene rings is 2. The van der Waals surface area contributed by atoms with E-state index in [9.17, 15) is 13.2 Å². The molecule has 0 aliphatic rings. The SMILES string of the molecule is CCNS(=O)(=O)c1ccc(C(=O)NC(c2ccccc2)c2ccco2)cc1. The fourth-order valence-corrected chi connectivity index (χ4v) is 3.73. The summed E-state index contributed by atoms with van der Waals surface area (Å²) in [6.45, 7) is 2.00. The number of carbonyl (C=O) groups excluding carboxylic acids is 1. The zero-order valence-electron chi connectivity index (χ0n) is 14.8. The molecule has 0 bridgehead atoms. The molecule has 0 radical (unpaired) electrons. The van der Waals surface area contributed by atoms with Gasteiger partial charge in [-0.05, 0) is 42.0 Å². The first-order valence-corrected chi connectivity index (χ1v) is 9.98. The van der Waals surface area contributed by atoms with Crippen molar-refractivity contribution in [1.29, 1.82) is 0 Å². The lowest BCUT2D eigenvalue weighted by Crippen LogP contribution is -2.29. The van der Waals surface area contributed by atoms with E-state index < -0.39 is 16.1 Å². The summed E-state index contributed by atoms with van der Waals surface area (Å²) < 4.78 is 31.9. The second-order valence-corrected chi connectivity index (χ2v) is 7.63. The van der Waals surface area contributed by atoms with Crippen LogP contribution in [0, 0.1) is 0 Å². The van der Waals surface area contributed by atoms with Gasteiger partial charge in [0.05, 0.1) is 11.2 Å². The number of hydrogen-bond donors (Lipinski definition) is 2. The highest BCUT2D eigenvalue weighted by Crippen LogP contribution is 2.23. The van der Waals surface area contributed by atoms with Gasteiger partial charge >= 0.3 is 0 Å². The zero-order valence-corrected chi connectivity index (χ0v) is 15.6. The number of nitrogens with one attached hydrogen (secondary N) is 2. The Bertz CT molecular complexity index is 982. The van der Waals surface area contributed by atoms with E-state index in [-0.39, 0.29) is 10.8 Å². The summed E-state index contributed by atoms with van der Waals surface area (Å²) in [5.41, 5.74) is 1.24. The van der Waals surface area contributed by atoms with Crippen LogP contribution in [0.15, 0.2) is 82.3 Å². The molecule has 2 aromatic carbocycles. The highest BCUT2D eigenvalue weighted by Gasteiger charge is 2.20. The summed E-state index contributed by atoms with van der Waals surface area (Å²) in [7, 11) is -3.55. The molecule has 3 rings (SSSR count). The summed E-state index contributed by atoms with van der Waals surface area (Å²) in [4.78, 5) is 12.8. The average molecular weight is 384 g/mol. The first kappa shape index (κ1) is 18.9. The maximum Gasteiger partial charge on any atom is 0.252 e. The van der Waals surface area contributed by atoms with E-state index in [1.165, 1.54) is 24.3 Å². The molecule has 0 aliphatic carbocycles. The van der Waals surface area contributed by atoms with E-state index in [2.05, 4.69) is 10.0 Å². The van der Waals surface area contributed by atoms with Gasteiger partial charge in [-0.1, -0.05) is 37.3 Å². The quantitative estimate of drug-likeness (QED) is 0.655. The van der Waals surface area contributed by atoms with Crippen molar-refractivity contribution in [1.82, 2.24) is 10.0 Å². The topological polar surface area (TPSA) is 88.4 Å². The zero-order chi connectivity index (χ0) is 19.3. The molecule has 2 N–H and O–H groups in total. The molecule has 1 heterocycles. The van der Waals surface area contributed by atoms with E-state index in [1.54, 1.807) is 25.3 Å². The van der Waals surface area contributed by atoms with Crippen molar-refractivity contribution in [2.45, 2.75) is 17.9 Å². The smallest absolute Gasteiger partial charge is 0.252 e. The van der Waals surface area contributed by atoms with Crippen LogP contribution in [0.5, 0.6) is 0 Å². The van der Waals surface area contributed by atoms with E-state index in [1.807, 2.05) is 30.3 Å². The Kier molecular flexibility index (Phi) is 5.73. The predicted molar refractivity (Wildman–Crippen MR) is 102 cm³/mol. The van der Waals surface area contributed by atoms with Crippen LogP contribution >= 0.6 is 0 Å². The second kappa shape index (κ2) is 8.20. The molecular weight excluding hydrogens is 364 g/mol. The fraction of sp³-hybridized carbons (Fsp3) is 0.150. The van der Waals surface area contributed by atoms with Crippen LogP contribution in [-0.2, 0) is 10.0 Å². The average Bonchev–Trinajstić information content (AvgIpc) is 3.21. The normalized spacial score (nSPS) is 12.5. The monoisotopic (exact) mass is 384 g/mol. The highest BCUT2D eigenvalue weighted by atomic mass is 32.2. The molecule has 0 saturated heterocycles. The third-order valence-electron chi connectivity index (χ3n) is 4.00. The van der Waals surface area contributed by atoms with E-state index in [0.29, 0.717) is 17.9 Å². The lowest BCUT2D eigenvalue weighted by Gasteiger charge is -2.17. The second-order valence-electron chi connectivity index (χ2n) is 5.86. The van der Waals surface area contributed by atoms with Gasteiger partial charge in [0.1, 0.15) is 11.8 Å². The number of hydrogen-bond acceptors (Lipinski definition) is 4. The van der Waals surface area contributed by atoms with Crippen molar-refractivity contribution >= 4 is 15.9 Å². The van der Waals surface area contributed by atoms with Crippen LogP contribution in [0.4, 0.5) is 0 Å². The number of sulfonamides is 1. The van der Waals surface area contributed by atoms with Crippen LogP contribution in [0.2, 0.25) is 0 Å². The molecule has 1 aromatic heterocycles. The van der Waals surface area contributed by atoms with Gasteiger partial charge < -0.3 is 9.73 Å². The lowest BCUT2D eigenvalue weighted by molar-refractivity contribution is 0.0939. The lowest BCUT2D eigenvalue weighted by atomic mass is 10.0. The third kappa shape index (κ3) is 4.45. The number of rotatable bonds is 7. The Labute approximate surface area is 158 Å². The largest absolute Gasteiger partial charge is 0.467 e. The summed E-state index contributed by atoms with van der Waals surface area (Å²) in [5, 5.41) is 2.94. The number of amides is 1. The molecule has 1 amide bonds. The Morgan fingerprint density at radius 3 is 2.30 bits per heavy atom. The minimum absolute atomic E-state index is 0.117. The van der Waals surface area contributed by atoms with Gasteiger partial charge in [-0.25, -0.2) is 13.1 Å². The van der Waals surface area contributed by atoms with Crippen molar-refractivity contribution in [3.8, 4) is 0 Å². The summed E-state index contributed by atoms with van der Waals surface area (Å²) in [6, 6.07) is 18.4. The van der Waals surface area contributed by atoms with Crippen LogP contribution < -0.4 is 10.0 Å². The van der Waals surface area contributed by atoms with E-state index in [0.717, 1.165) is 5.56 Å². The molecule has 0 aliphatic heterocycles. The van der Waals surface area contributed by atoms with Gasteiger partial charge in [-0.15, -0.1) is 0 Å². The molecule has 0 fully saturated rings. The van der Waals surface area contributed by atoms with Gasteiger partial charge in [-0.3, -0.25) is 4.79 Å². The van der Waals surface area contributed by atoms with Gasteiger partial charge in [0.25, 0.3) is 5.91 Å². The van der Waals surface area contributed by atoms with Gasteiger partial charge in [0, 0.05) is 12.1 Å². The van der Waals surface area contributed by atoms with Crippen LogP contribution in [-0.4, -0.2) is 20.9 Å². The molecule has 0 spiro atoms. The van der Waals surface area contributed by atoms with Gasteiger partial charge in [0.15, 0.2) is 0 Å². The standard InChI is InChI=1S/C20H20N2O4S/c1-2-21-27(24,25)17-12-10-16(11-13-17)20(23)22-19(18-9-6-14-26-18)15-7-4-3-5-8-15/h3-14,19,21H,2H2,1H3,(H,22,23). The maximum absolute atomic E-state index is 12.7. The van der Waals surface area contributed by atoms with Crippen molar-refractivity contribution in [3.05, 3.63) is 89.9 Å².